The molecule has 1 aromatic heterocycles. The van der Waals surface area contributed by atoms with Gasteiger partial charge in [-0.25, -0.2) is 4.98 Å². The average molecular weight is 406 g/mol. The number of amides is 2. The van der Waals surface area contributed by atoms with Crippen LogP contribution in [-0.2, 0) is 0 Å². The van der Waals surface area contributed by atoms with Gasteiger partial charge < -0.3 is 15.5 Å². The second-order valence-electron chi connectivity index (χ2n) is 7.84. The summed E-state index contributed by atoms with van der Waals surface area (Å²) in [5, 5.41) is 14.7. The Kier molecular flexibility index (Phi) is 7.02. The van der Waals surface area contributed by atoms with Crippen molar-refractivity contribution in [2.24, 2.45) is 5.92 Å². The van der Waals surface area contributed by atoms with Crippen molar-refractivity contribution in [2.75, 3.05) is 24.5 Å². The normalized spacial score (nSPS) is 14.3. The molecule has 1 aliphatic rings. The predicted octanol–water partition coefficient (Wildman–Crippen LogP) is 2.74. The van der Waals surface area contributed by atoms with Crippen molar-refractivity contribution in [3.63, 3.8) is 0 Å². The van der Waals surface area contributed by atoms with Gasteiger partial charge in [-0.2, -0.15) is 5.26 Å². The van der Waals surface area contributed by atoms with E-state index in [2.05, 4.69) is 26.6 Å². The number of pyridine rings is 1. The number of rotatable bonds is 6. The molecule has 0 aliphatic carbocycles. The van der Waals surface area contributed by atoms with Gasteiger partial charge in [-0.3, -0.25) is 9.59 Å². The molecule has 3 rings (SSSR count). The zero-order valence-corrected chi connectivity index (χ0v) is 17.4. The molecule has 0 unspecified atom stereocenters. The van der Waals surface area contributed by atoms with Gasteiger partial charge in [0.15, 0.2) is 0 Å². The maximum Gasteiger partial charge on any atom is 0.270 e. The van der Waals surface area contributed by atoms with E-state index >= 15 is 0 Å². The number of carbonyl (C=O) groups excluding carboxylic acids is 2. The summed E-state index contributed by atoms with van der Waals surface area (Å²) in [5.41, 5.74) is 2.28. The molecule has 1 aromatic carbocycles. The van der Waals surface area contributed by atoms with E-state index in [1.54, 1.807) is 18.2 Å². The molecule has 30 heavy (non-hydrogen) atoms. The number of nitriles is 1. The quantitative estimate of drug-likeness (QED) is 0.770. The maximum atomic E-state index is 12.5. The summed E-state index contributed by atoms with van der Waals surface area (Å²) in [5.74, 6) is -0.144. The van der Waals surface area contributed by atoms with Crippen molar-refractivity contribution in [1.82, 2.24) is 15.6 Å². The highest BCUT2D eigenvalue weighted by Gasteiger charge is 2.21. The molecule has 1 aliphatic heterocycles. The van der Waals surface area contributed by atoms with Gasteiger partial charge in [0.1, 0.15) is 11.4 Å². The Morgan fingerprint density at radius 2 is 1.73 bits per heavy atom. The second kappa shape index (κ2) is 9.88. The first kappa shape index (κ1) is 21.3. The van der Waals surface area contributed by atoms with E-state index in [-0.39, 0.29) is 29.2 Å². The Morgan fingerprint density at radius 1 is 1.10 bits per heavy atom. The van der Waals surface area contributed by atoms with Crippen molar-refractivity contribution >= 4 is 17.5 Å². The van der Waals surface area contributed by atoms with E-state index in [0.717, 1.165) is 31.6 Å². The van der Waals surface area contributed by atoms with Crippen molar-refractivity contribution < 1.29 is 9.59 Å². The summed E-state index contributed by atoms with van der Waals surface area (Å²) >= 11 is 0. The molecule has 2 heterocycles. The smallest absolute Gasteiger partial charge is 0.270 e. The molecular weight excluding hydrogens is 378 g/mol. The van der Waals surface area contributed by atoms with E-state index < -0.39 is 0 Å². The Morgan fingerprint density at radius 3 is 2.33 bits per heavy atom. The minimum Gasteiger partial charge on any atom is -0.372 e. The van der Waals surface area contributed by atoms with Crippen molar-refractivity contribution in [1.29, 1.82) is 5.26 Å². The third-order valence-corrected chi connectivity index (χ3v) is 5.16. The molecule has 2 N–H and O–H groups in total. The molecule has 156 valence electrons. The second-order valence-corrected chi connectivity index (χ2v) is 7.84. The zero-order valence-electron chi connectivity index (χ0n) is 17.4. The Bertz CT molecular complexity index is 925. The molecule has 1 fully saturated rings. The molecule has 0 spiro atoms. The summed E-state index contributed by atoms with van der Waals surface area (Å²) in [4.78, 5) is 31.1. The minimum atomic E-state index is -0.283. The van der Waals surface area contributed by atoms with Crippen molar-refractivity contribution in [3.8, 4) is 6.07 Å². The standard InChI is InChI=1S/C23H27N5O2/c1-16(2)26-23(30)21-5-3-4-20(27-21)22(29)25-15-18-10-12-28(13-11-18)19-8-6-17(14-24)7-9-19/h3-9,16,18H,10-13,15H2,1-2H3,(H,25,29)(H,26,30). The molecular formula is C23H27N5O2. The SMILES string of the molecule is CC(C)NC(=O)c1cccc(C(=O)NCC2CCN(c3ccc(C#N)cc3)CC2)n1. The van der Waals surface area contributed by atoms with Crippen LogP contribution in [-0.4, -0.2) is 42.5 Å². The first-order chi connectivity index (χ1) is 14.5. The maximum absolute atomic E-state index is 12.5. The highest BCUT2D eigenvalue weighted by atomic mass is 16.2. The zero-order chi connectivity index (χ0) is 21.5. The van der Waals surface area contributed by atoms with Crippen LogP contribution in [0.4, 0.5) is 5.69 Å². The Balaban J connectivity index is 1.49. The lowest BCUT2D eigenvalue weighted by Gasteiger charge is -2.33. The van der Waals surface area contributed by atoms with Crippen LogP contribution in [0.3, 0.4) is 0 Å². The van der Waals surface area contributed by atoms with E-state index in [1.807, 2.05) is 38.1 Å². The molecule has 1 saturated heterocycles. The van der Waals surface area contributed by atoms with Gasteiger partial charge in [-0.1, -0.05) is 6.07 Å². The fraction of sp³-hybridized carbons (Fsp3) is 0.391. The van der Waals surface area contributed by atoms with Crippen LogP contribution < -0.4 is 15.5 Å². The number of nitrogens with zero attached hydrogens (tertiary/aromatic N) is 3. The van der Waals surface area contributed by atoms with E-state index in [9.17, 15) is 9.59 Å². The minimum absolute atomic E-state index is 0.00642. The van der Waals surface area contributed by atoms with Crippen LogP contribution in [0.1, 0.15) is 53.2 Å². The number of anilines is 1. The molecule has 2 aromatic rings. The molecule has 7 heteroatoms. The molecule has 0 radical (unpaired) electrons. The first-order valence-corrected chi connectivity index (χ1v) is 10.3. The lowest BCUT2D eigenvalue weighted by Crippen LogP contribution is -2.39. The van der Waals surface area contributed by atoms with Crippen molar-refractivity contribution in [3.05, 3.63) is 59.4 Å². The third-order valence-electron chi connectivity index (χ3n) is 5.16. The van der Waals surface area contributed by atoms with Crippen LogP contribution in [0.2, 0.25) is 0 Å². The Labute approximate surface area is 177 Å². The average Bonchev–Trinajstić information content (AvgIpc) is 2.77. The number of hydrogen-bond donors (Lipinski definition) is 2. The monoisotopic (exact) mass is 405 g/mol. The van der Waals surface area contributed by atoms with Crippen LogP contribution in [0.25, 0.3) is 0 Å². The Hall–Kier alpha value is -3.40. The largest absolute Gasteiger partial charge is 0.372 e. The van der Waals surface area contributed by atoms with Gasteiger partial charge in [0.2, 0.25) is 0 Å². The fourth-order valence-electron chi connectivity index (χ4n) is 3.49. The summed E-state index contributed by atoms with van der Waals surface area (Å²) in [6.07, 6.45) is 1.95. The lowest BCUT2D eigenvalue weighted by molar-refractivity contribution is 0.0934. The number of hydrogen-bond acceptors (Lipinski definition) is 5. The summed E-state index contributed by atoms with van der Waals surface area (Å²) in [6, 6.07) is 14.7. The molecule has 2 amide bonds. The van der Waals surface area contributed by atoms with Crippen LogP contribution in [0.5, 0.6) is 0 Å². The first-order valence-electron chi connectivity index (χ1n) is 10.3. The van der Waals surface area contributed by atoms with Gasteiger partial charge >= 0.3 is 0 Å². The topological polar surface area (TPSA) is 98.1 Å². The number of aromatic nitrogens is 1. The highest BCUT2D eigenvalue weighted by molar-refractivity contribution is 5.96. The van der Waals surface area contributed by atoms with E-state index in [4.69, 9.17) is 5.26 Å². The molecule has 0 saturated carbocycles. The summed E-state index contributed by atoms with van der Waals surface area (Å²) in [7, 11) is 0. The van der Waals surface area contributed by atoms with Gasteiger partial charge in [0.05, 0.1) is 11.6 Å². The number of carbonyl (C=O) groups is 2. The number of piperidine rings is 1. The van der Waals surface area contributed by atoms with E-state index in [1.165, 1.54) is 0 Å². The van der Waals surface area contributed by atoms with Crippen LogP contribution >= 0.6 is 0 Å². The van der Waals surface area contributed by atoms with E-state index in [0.29, 0.717) is 18.0 Å². The number of benzene rings is 1. The summed E-state index contributed by atoms with van der Waals surface area (Å²) < 4.78 is 0. The predicted molar refractivity (Wildman–Crippen MR) is 115 cm³/mol. The lowest BCUT2D eigenvalue weighted by atomic mass is 9.96. The van der Waals surface area contributed by atoms with Crippen LogP contribution in [0.15, 0.2) is 42.5 Å². The third kappa shape index (κ3) is 5.57. The molecule has 0 bridgehead atoms. The fourth-order valence-corrected chi connectivity index (χ4v) is 3.49. The van der Waals surface area contributed by atoms with Gasteiger partial charge in [-0.15, -0.1) is 0 Å². The molecule has 0 atom stereocenters. The van der Waals surface area contributed by atoms with Crippen LogP contribution in [0, 0.1) is 17.2 Å². The van der Waals surface area contributed by atoms with Gasteiger partial charge in [0, 0.05) is 31.4 Å². The van der Waals surface area contributed by atoms with Gasteiger partial charge in [-0.05, 0) is 69.0 Å². The van der Waals surface area contributed by atoms with Crippen molar-refractivity contribution in [2.45, 2.75) is 32.7 Å². The molecule has 7 nitrogen and oxygen atoms in total. The summed E-state index contributed by atoms with van der Waals surface area (Å²) in [6.45, 7) is 6.16. The highest BCUT2D eigenvalue weighted by Crippen LogP contribution is 2.23. The van der Waals surface area contributed by atoms with Gasteiger partial charge in [0.25, 0.3) is 11.8 Å². The number of nitrogens with one attached hydrogen (secondary N) is 2.